The van der Waals surface area contributed by atoms with Gasteiger partial charge in [-0.25, -0.2) is 14.9 Å². The van der Waals surface area contributed by atoms with Crippen molar-refractivity contribution in [3.8, 4) is 10.6 Å². The number of hydrogen-bond acceptors (Lipinski definition) is 5. The van der Waals surface area contributed by atoms with Gasteiger partial charge in [-0.2, -0.15) is 18.3 Å². The number of hydrogen-bond donors (Lipinski definition) is 2. The second-order valence-corrected chi connectivity index (χ2v) is 7.55. The predicted octanol–water partition coefficient (Wildman–Crippen LogP) is 3.61. The molecule has 3 heterocycles. The number of H-pyrrole nitrogens is 2. The summed E-state index contributed by atoms with van der Waals surface area (Å²) in [5.41, 5.74) is -0.752. The number of nitrogens with one attached hydrogen (secondary N) is 2. The quantitative estimate of drug-likeness (QED) is 0.673. The zero-order valence-corrected chi connectivity index (χ0v) is 15.8. The third-order valence-corrected chi connectivity index (χ3v) is 5.65. The van der Waals surface area contributed by atoms with Gasteiger partial charge in [-0.15, -0.1) is 11.3 Å². The van der Waals surface area contributed by atoms with E-state index in [4.69, 9.17) is 0 Å². The Morgan fingerprint density at radius 3 is 2.83 bits per heavy atom. The predicted molar refractivity (Wildman–Crippen MR) is 99.4 cm³/mol. The summed E-state index contributed by atoms with van der Waals surface area (Å²) in [5.74, 6) is 0.0457. The summed E-state index contributed by atoms with van der Waals surface area (Å²) in [6.45, 7) is 0.481. The van der Waals surface area contributed by atoms with Gasteiger partial charge in [0.2, 0.25) is 0 Å². The maximum absolute atomic E-state index is 13.0. The third-order valence-electron chi connectivity index (χ3n) is 4.76. The van der Waals surface area contributed by atoms with Gasteiger partial charge in [-0.1, -0.05) is 12.1 Å². The number of rotatable bonds is 3. The molecule has 11 heteroatoms. The van der Waals surface area contributed by atoms with Gasteiger partial charge in [0.05, 0.1) is 11.6 Å². The lowest BCUT2D eigenvalue weighted by Gasteiger charge is -2.33. The number of aromatic nitrogens is 4. The Kier molecular flexibility index (Phi) is 4.99. The van der Waals surface area contributed by atoms with Crippen molar-refractivity contribution in [3.63, 3.8) is 0 Å². The summed E-state index contributed by atoms with van der Waals surface area (Å²) in [5, 5.41) is 8.12. The maximum atomic E-state index is 13.0. The average Bonchev–Trinajstić information content (AvgIpc) is 3.36. The summed E-state index contributed by atoms with van der Waals surface area (Å²) in [7, 11) is 0. The summed E-state index contributed by atoms with van der Waals surface area (Å²) < 4.78 is 38.9. The van der Waals surface area contributed by atoms with Gasteiger partial charge in [0, 0.05) is 17.5 Å². The Morgan fingerprint density at radius 1 is 1.28 bits per heavy atom. The Balaban J connectivity index is 1.60. The second-order valence-electron chi connectivity index (χ2n) is 6.69. The third kappa shape index (κ3) is 3.95. The minimum Gasteiger partial charge on any atom is -0.327 e. The van der Waals surface area contributed by atoms with Gasteiger partial charge < -0.3 is 4.90 Å². The van der Waals surface area contributed by atoms with E-state index in [0.29, 0.717) is 29.4 Å². The first-order valence-electron chi connectivity index (χ1n) is 8.91. The van der Waals surface area contributed by atoms with Crippen LogP contribution in [0.1, 0.15) is 47.2 Å². The minimum atomic E-state index is -4.45. The fraction of sp³-hybridized carbons (Fsp3) is 0.333. The van der Waals surface area contributed by atoms with Crippen LogP contribution in [0.4, 0.5) is 13.2 Å². The van der Waals surface area contributed by atoms with Crippen LogP contribution in [0.5, 0.6) is 0 Å². The molecule has 0 bridgehead atoms. The molecule has 0 saturated carbocycles. The standard InChI is InChI=1S/C18H16F3N5O2S/c19-18(20,21)11-5-3-4-10(8-11)15-22-12(9-29-15)16(27)26-7-2-1-6-13(26)14-23-17(28)25-24-14/h3-5,8-9,13H,1-2,6-7H2,(H2,23,24,25,28)/t13-/m0/s1. The van der Waals surface area contributed by atoms with E-state index in [2.05, 4.69) is 20.2 Å². The van der Waals surface area contributed by atoms with Crippen LogP contribution in [0.15, 0.2) is 34.4 Å². The van der Waals surface area contributed by atoms with Gasteiger partial charge in [0.25, 0.3) is 5.91 Å². The van der Waals surface area contributed by atoms with E-state index in [1.165, 1.54) is 17.5 Å². The van der Waals surface area contributed by atoms with E-state index in [1.807, 2.05) is 0 Å². The SMILES string of the molecule is O=C(c1csc(-c2cccc(C(F)(F)F)c2)n1)N1CCCC[C@H]1c1n[nH]c(=O)[nH]1. The monoisotopic (exact) mass is 423 g/mol. The van der Waals surface area contributed by atoms with Crippen molar-refractivity contribution in [2.45, 2.75) is 31.5 Å². The van der Waals surface area contributed by atoms with E-state index in [-0.39, 0.29) is 17.6 Å². The molecule has 3 aromatic rings. The van der Waals surface area contributed by atoms with Crippen molar-refractivity contribution in [3.05, 3.63) is 57.2 Å². The molecule has 29 heavy (non-hydrogen) atoms. The van der Waals surface area contributed by atoms with Crippen LogP contribution >= 0.6 is 11.3 Å². The van der Waals surface area contributed by atoms with Crippen molar-refractivity contribution < 1.29 is 18.0 Å². The van der Waals surface area contributed by atoms with Crippen LogP contribution in [-0.4, -0.2) is 37.5 Å². The van der Waals surface area contributed by atoms with E-state index < -0.39 is 17.4 Å². The number of carbonyl (C=O) groups is 1. The number of piperidine rings is 1. The van der Waals surface area contributed by atoms with Gasteiger partial charge in [-0.05, 0) is 31.4 Å². The van der Waals surface area contributed by atoms with Gasteiger partial charge in [0.15, 0.2) is 5.82 Å². The Labute approximate surface area is 166 Å². The number of aromatic amines is 2. The van der Waals surface area contributed by atoms with E-state index in [1.54, 1.807) is 4.90 Å². The topological polar surface area (TPSA) is 94.7 Å². The highest BCUT2D eigenvalue weighted by Crippen LogP contribution is 2.34. The smallest absolute Gasteiger partial charge is 0.327 e. The van der Waals surface area contributed by atoms with Gasteiger partial charge >= 0.3 is 11.9 Å². The highest BCUT2D eigenvalue weighted by molar-refractivity contribution is 7.13. The molecule has 1 amide bonds. The maximum Gasteiger partial charge on any atom is 0.416 e. The molecule has 2 N–H and O–H groups in total. The number of carbonyl (C=O) groups excluding carboxylic acids is 1. The van der Waals surface area contributed by atoms with E-state index >= 15 is 0 Å². The lowest BCUT2D eigenvalue weighted by atomic mass is 10.0. The highest BCUT2D eigenvalue weighted by Gasteiger charge is 2.33. The van der Waals surface area contributed by atoms with Crippen LogP contribution in [0.2, 0.25) is 0 Å². The molecule has 1 saturated heterocycles. The lowest BCUT2D eigenvalue weighted by Crippen LogP contribution is -2.39. The molecule has 1 aromatic carbocycles. The summed E-state index contributed by atoms with van der Waals surface area (Å²) in [6.07, 6.45) is -2.11. The van der Waals surface area contributed by atoms with Crippen molar-refractivity contribution in [2.75, 3.05) is 6.54 Å². The molecule has 1 aliphatic heterocycles. The first-order chi connectivity index (χ1) is 13.8. The Hall–Kier alpha value is -2.95. The molecule has 152 valence electrons. The van der Waals surface area contributed by atoms with Crippen LogP contribution in [0, 0.1) is 0 Å². The fourth-order valence-corrected chi connectivity index (χ4v) is 4.17. The molecule has 0 unspecified atom stereocenters. The van der Waals surface area contributed by atoms with Crippen LogP contribution in [0.25, 0.3) is 10.6 Å². The number of likely N-dealkylation sites (tertiary alicyclic amines) is 1. The van der Waals surface area contributed by atoms with Gasteiger partial charge in [-0.3, -0.25) is 9.78 Å². The Bertz CT molecular complexity index is 1090. The zero-order valence-electron chi connectivity index (χ0n) is 15.0. The van der Waals surface area contributed by atoms with E-state index in [0.717, 1.165) is 36.3 Å². The molecular weight excluding hydrogens is 407 g/mol. The normalized spacial score (nSPS) is 17.5. The first-order valence-corrected chi connectivity index (χ1v) is 9.79. The minimum absolute atomic E-state index is 0.159. The zero-order chi connectivity index (χ0) is 20.6. The number of alkyl halides is 3. The summed E-state index contributed by atoms with van der Waals surface area (Å²) >= 11 is 1.11. The summed E-state index contributed by atoms with van der Waals surface area (Å²) in [4.78, 5) is 32.9. The molecule has 1 aliphatic rings. The molecule has 7 nitrogen and oxygen atoms in total. The average molecular weight is 423 g/mol. The molecule has 0 spiro atoms. The van der Waals surface area contributed by atoms with Crippen LogP contribution in [-0.2, 0) is 6.18 Å². The number of amides is 1. The highest BCUT2D eigenvalue weighted by atomic mass is 32.1. The first kappa shape index (κ1) is 19.4. The van der Waals surface area contributed by atoms with Crippen molar-refractivity contribution in [1.82, 2.24) is 25.1 Å². The molecule has 1 atom stereocenters. The van der Waals surface area contributed by atoms with Crippen molar-refractivity contribution in [2.24, 2.45) is 0 Å². The van der Waals surface area contributed by atoms with Crippen molar-refractivity contribution >= 4 is 17.2 Å². The second kappa shape index (κ2) is 7.47. The molecular formula is C18H16F3N5O2S. The molecule has 0 aliphatic carbocycles. The number of halogens is 3. The molecule has 4 rings (SSSR count). The number of thiazole rings is 1. The van der Waals surface area contributed by atoms with E-state index in [9.17, 15) is 22.8 Å². The molecule has 0 radical (unpaired) electrons. The van der Waals surface area contributed by atoms with Crippen LogP contribution in [0.3, 0.4) is 0 Å². The molecule has 1 fully saturated rings. The van der Waals surface area contributed by atoms with Crippen molar-refractivity contribution in [1.29, 1.82) is 0 Å². The Morgan fingerprint density at radius 2 is 2.10 bits per heavy atom. The number of nitrogens with zero attached hydrogens (tertiary/aromatic N) is 3. The fourth-order valence-electron chi connectivity index (χ4n) is 3.38. The van der Waals surface area contributed by atoms with Crippen LogP contribution < -0.4 is 5.69 Å². The number of benzene rings is 1. The molecule has 2 aromatic heterocycles. The largest absolute Gasteiger partial charge is 0.416 e. The van der Waals surface area contributed by atoms with Gasteiger partial charge in [0.1, 0.15) is 10.7 Å². The summed E-state index contributed by atoms with van der Waals surface area (Å²) in [6, 6.07) is 4.47. The lowest BCUT2D eigenvalue weighted by molar-refractivity contribution is -0.137.